The molecule has 0 unspecified atom stereocenters. The number of nitrogens with zero attached hydrogens (tertiary/aromatic N) is 4. The van der Waals surface area contributed by atoms with Gasteiger partial charge >= 0.3 is 12.2 Å². The summed E-state index contributed by atoms with van der Waals surface area (Å²) in [5.41, 5.74) is -0.00921. The van der Waals surface area contributed by atoms with Crippen molar-refractivity contribution in [3.63, 3.8) is 0 Å². The highest BCUT2D eigenvalue weighted by Crippen LogP contribution is 2.60. The summed E-state index contributed by atoms with van der Waals surface area (Å²) in [7, 11) is 0. The molecule has 0 bridgehead atoms. The summed E-state index contributed by atoms with van der Waals surface area (Å²) < 4.78 is 40.2. The number of nitrogens with one attached hydrogen (secondary N) is 1. The second-order valence-electron chi connectivity index (χ2n) is 8.20. The van der Waals surface area contributed by atoms with Gasteiger partial charge in [0.1, 0.15) is 12.1 Å². The third kappa shape index (κ3) is 4.29. The Morgan fingerprint density at radius 2 is 1.93 bits per heavy atom. The quantitative estimate of drug-likeness (QED) is 0.692. The Morgan fingerprint density at radius 1 is 1.17 bits per heavy atom. The summed E-state index contributed by atoms with van der Waals surface area (Å²) in [6, 6.07) is 3.39. The number of aromatic nitrogens is 3. The van der Waals surface area contributed by atoms with Crippen LogP contribution in [0.25, 0.3) is 11.3 Å². The highest BCUT2D eigenvalue weighted by atomic mass is 19.4. The molecule has 0 radical (unpaired) electrons. The van der Waals surface area contributed by atoms with Crippen molar-refractivity contribution in [3.8, 4) is 11.3 Å². The van der Waals surface area contributed by atoms with E-state index in [1.54, 1.807) is 12.4 Å². The normalized spacial score (nSPS) is 18.3. The number of anilines is 1. The van der Waals surface area contributed by atoms with Gasteiger partial charge < -0.3 is 10.2 Å². The maximum Gasteiger partial charge on any atom is 0.394 e. The average Bonchev–Trinajstić information content (AvgIpc) is 3.40. The molecule has 3 heterocycles. The largest absolute Gasteiger partial charge is 0.394 e. The molecule has 2 fully saturated rings. The van der Waals surface area contributed by atoms with E-state index in [-0.39, 0.29) is 25.8 Å². The third-order valence-corrected chi connectivity index (χ3v) is 6.10. The Hall–Kier alpha value is -2.58. The van der Waals surface area contributed by atoms with Crippen LogP contribution in [0.4, 0.5) is 23.8 Å². The van der Waals surface area contributed by atoms with Crippen molar-refractivity contribution in [2.75, 3.05) is 24.5 Å². The van der Waals surface area contributed by atoms with Gasteiger partial charge in [-0.3, -0.25) is 4.57 Å². The predicted octanol–water partition coefficient (Wildman–Crippen LogP) is 4.62. The van der Waals surface area contributed by atoms with Crippen molar-refractivity contribution in [1.82, 2.24) is 19.9 Å². The Kier molecular flexibility index (Phi) is 5.71. The van der Waals surface area contributed by atoms with Gasteiger partial charge in [-0.2, -0.15) is 13.2 Å². The molecule has 1 saturated carbocycles. The van der Waals surface area contributed by atoms with Crippen molar-refractivity contribution < 1.29 is 18.0 Å². The zero-order valence-corrected chi connectivity index (χ0v) is 16.8. The first-order chi connectivity index (χ1) is 14.4. The van der Waals surface area contributed by atoms with E-state index in [2.05, 4.69) is 20.2 Å². The van der Waals surface area contributed by atoms with Gasteiger partial charge in [0.05, 0.1) is 11.1 Å². The van der Waals surface area contributed by atoms with E-state index in [1.807, 2.05) is 12.1 Å². The topological polar surface area (TPSA) is 63.1 Å². The number of imidazole rings is 1. The van der Waals surface area contributed by atoms with Crippen molar-refractivity contribution in [2.24, 2.45) is 5.41 Å². The number of rotatable bonds is 6. The van der Waals surface area contributed by atoms with E-state index >= 15 is 0 Å². The fraction of sp³-hybridized carbons (Fsp3) is 0.571. The van der Waals surface area contributed by atoms with Gasteiger partial charge in [-0.25, -0.2) is 14.8 Å². The summed E-state index contributed by atoms with van der Waals surface area (Å²) in [5.74, 6) is 0.866. The first-order valence-corrected chi connectivity index (χ1v) is 10.5. The molecule has 9 heteroatoms. The fourth-order valence-corrected chi connectivity index (χ4v) is 4.07. The van der Waals surface area contributed by atoms with E-state index in [4.69, 9.17) is 0 Å². The highest BCUT2D eigenvalue weighted by molar-refractivity contribution is 5.79. The fourth-order valence-electron chi connectivity index (χ4n) is 4.07. The molecule has 162 valence electrons. The van der Waals surface area contributed by atoms with Crippen LogP contribution in [0.15, 0.2) is 30.9 Å². The molecule has 1 saturated heterocycles. The smallest absolute Gasteiger partial charge is 0.356 e. The lowest BCUT2D eigenvalue weighted by atomic mass is 10.00. The molecule has 0 spiro atoms. The summed E-state index contributed by atoms with van der Waals surface area (Å²) in [4.78, 5) is 23.5. The lowest BCUT2D eigenvalue weighted by molar-refractivity contribution is -0.189. The number of carbonyl (C=O) groups excluding carboxylic acids is 1. The van der Waals surface area contributed by atoms with Crippen molar-refractivity contribution in [3.05, 3.63) is 30.9 Å². The van der Waals surface area contributed by atoms with Crippen LogP contribution in [0.5, 0.6) is 0 Å². The van der Waals surface area contributed by atoms with Gasteiger partial charge in [-0.1, -0.05) is 0 Å². The summed E-state index contributed by atoms with van der Waals surface area (Å²) in [5, 5.41) is 2.68. The third-order valence-electron chi connectivity index (χ3n) is 6.10. The SMILES string of the molecule is O=C(NCCCC1(C(F)(F)F)CC1)n1cnc(-c2cccnc2N2CCCCC2)c1. The molecule has 2 aromatic heterocycles. The molecule has 0 aromatic carbocycles. The maximum atomic E-state index is 13.0. The zero-order valence-electron chi connectivity index (χ0n) is 16.8. The van der Waals surface area contributed by atoms with Gasteiger partial charge in [0.2, 0.25) is 0 Å². The monoisotopic (exact) mass is 421 g/mol. The number of pyridine rings is 1. The Balaban J connectivity index is 1.36. The van der Waals surface area contributed by atoms with Crippen molar-refractivity contribution in [2.45, 2.75) is 51.1 Å². The number of hydrogen-bond donors (Lipinski definition) is 1. The molecule has 2 aromatic rings. The summed E-state index contributed by atoms with van der Waals surface area (Å²) >= 11 is 0. The van der Waals surface area contributed by atoms with E-state index in [0.29, 0.717) is 12.1 Å². The van der Waals surface area contributed by atoms with E-state index in [1.165, 1.54) is 17.3 Å². The minimum Gasteiger partial charge on any atom is -0.356 e. The number of piperidine rings is 1. The molecule has 1 amide bonds. The molecular weight excluding hydrogens is 395 g/mol. The van der Waals surface area contributed by atoms with E-state index in [9.17, 15) is 18.0 Å². The summed E-state index contributed by atoms with van der Waals surface area (Å²) in [6.07, 6.45) is 4.89. The first-order valence-electron chi connectivity index (χ1n) is 10.5. The average molecular weight is 421 g/mol. The molecular formula is C21H26F3N5O. The number of hydrogen-bond acceptors (Lipinski definition) is 4. The Bertz CT molecular complexity index is 885. The van der Waals surface area contributed by atoms with Gasteiger partial charge in [0, 0.05) is 37.6 Å². The second kappa shape index (κ2) is 8.28. The number of amides is 1. The zero-order chi connectivity index (χ0) is 21.2. The molecule has 30 heavy (non-hydrogen) atoms. The Morgan fingerprint density at radius 3 is 2.63 bits per heavy atom. The number of carbonyl (C=O) groups is 1. The molecule has 1 aliphatic heterocycles. The first kappa shape index (κ1) is 20.7. The minimum atomic E-state index is -4.15. The minimum absolute atomic E-state index is 0.0564. The van der Waals surface area contributed by atoms with Crippen LogP contribution in [0.1, 0.15) is 44.9 Å². The van der Waals surface area contributed by atoms with Crippen LogP contribution in [0.2, 0.25) is 0 Å². The van der Waals surface area contributed by atoms with Crippen LogP contribution in [-0.4, -0.2) is 46.4 Å². The van der Waals surface area contributed by atoms with Crippen LogP contribution in [0.3, 0.4) is 0 Å². The van der Waals surface area contributed by atoms with Gasteiger partial charge in [-0.15, -0.1) is 0 Å². The second-order valence-corrected chi connectivity index (χ2v) is 8.20. The molecule has 4 rings (SSSR count). The van der Waals surface area contributed by atoms with Gasteiger partial charge in [0.15, 0.2) is 0 Å². The van der Waals surface area contributed by atoms with Gasteiger partial charge in [-0.05, 0) is 57.1 Å². The Labute approximate surface area is 173 Å². The number of alkyl halides is 3. The number of halogens is 3. The molecule has 1 N–H and O–H groups in total. The van der Waals surface area contributed by atoms with Crippen molar-refractivity contribution in [1.29, 1.82) is 0 Å². The standard InChI is InChI=1S/C21H26F3N5O/c22-21(23,24)20(8-9-20)7-5-11-26-19(30)29-14-17(27-15-29)16-6-4-10-25-18(16)28-12-2-1-3-13-28/h4,6,10,14-15H,1-3,5,7-9,11-13H2,(H,26,30). The predicted molar refractivity (Wildman–Crippen MR) is 107 cm³/mol. The van der Waals surface area contributed by atoms with Crippen molar-refractivity contribution >= 4 is 11.8 Å². The summed E-state index contributed by atoms with van der Waals surface area (Å²) in [6.45, 7) is 2.10. The maximum absolute atomic E-state index is 13.0. The van der Waals surface area contributed by atoms with E-state index in [0.717, 1.165) is 37.3 Å². The van der Waals surface area contributed by atoms with Crippen LogP contribution in [-0.2, 0) is 0 Å². The van der Waals surface area contributed by atoms with Crippen LogP contribution in [0, 0.1) is 5.41 Å². The highest BCUT2D eigenvalue weighted by Gasteiger charge is 2.62. The lowest BCUT2D eigenvalue weighted by Crippen LogP contribution is -2.30. The molecule has 1 aliphatic carbocycles. The van der Waals surface area contributed by atoms with Gasteiger partial charge in [0.25, 0.3) is 0 Å². The van der Waals surface area contributed by atoms with Crippen LogP contribution < -0.4 is 10.2 Å². The molecule has 2 aliphatic rings. The van der Waals surface area contributed by atoms with E-state index < -0.39 is 17.6 Å². The van der Waals surface area contributed by atoms with Crippen LogP contribution >= 0.6 is 0 Å². The lowest BCUT2D eigenvalue weighted by Gasteiger charge is -2.29. The molecule has 6 nitrogen and oxygen atoms in total. The molecule has 0 atom stereocenters.